The molecule has 8 nitrogen and oxygen atoms in total. The number of carbonyl (C=O) groups excluding carboxylic acids is 2. The van der Waals surface area contributed by atoms with E-state index in [4.69, 9.17) is 11.5 Å². The van der Waals surface area contributed by atoms with Crippen LogP contribution in [0.3, 0.4) is 0 Å². The standard InChI is InChI=1S/C40H84N6O2/c1-3-5-7-9-11-13-15-17-19-21-23-25-31-43-39(47)27-33-45(35-29-41)37-38-46(36-30-42)34-28-40(48)44-32-26-24-22-20-18-16-14-12-10-8-6-4-2/h3-38,41-42H2,1-2H3,(H,43,47)(H,44,48). The minimum absolute atomic E-state index is 0.128. The molecule has 0 aromatic rings. The van der Waals surface area contributed by atoms with Crippen LogP contribution < -0.4 is 22.1 Å². The predicted octanol–water partition coefficient (Wildman–Crippen LogP) is 7.92. The largest absolute Gasteiger partial charge is 0.356 e. The van der Waals surface area contributed by atoms with E-state index in [0.29, 0.717) is 39.0 Å². The fourth-order valence-corrected chi connectivity index (χ4v) is 6.40. The molecule has 0 spiro atoms. The number of carbonyl (C=O) groups is 2. The van der Waals surface area contributed by atoms with Crippen molar-refractivity contribution >= 4 is 11.8 Å². The van der Waals surface area contributed by atoms with Crippen LogP contribution in [-0.4, -0.2) is 87.1 Å². The predicted molar refractivity (Wildman–Crippen MR) is 208 cm³/mol. The van der Waals surface area contributed by atoms with Crippen molar-refractivity contribution in [2.24, 2.45) is 11.5 Å². The van der Waals surface area contributed by atoms with Crippen molar-refractivity contribution in [1.29, 1.82) is 0 Å². The Morgan fingerprint density at radius 2 is 0.667 bits per heavy atom. The zero-order valence-corrected chi connectivity index (χ0v) is 32.3. The average molecular weight is 681 g/mol. The zero-order valence-electron chi connectivity index (χ0n) is 32.3. The number of nitrogens with one attached hydrogen (secondary N) is 2. The molecule has 0 aromatic carbocycles. The molecule has 0 aliphatic rings. The van der Waals surface area contributed by atoms with Gasteiger partial charge in [-0.25, -0.2) is 0 Å². The summed E-state index contributed by atoms with van der Waals surface area (Å²) < 4.78 is 0. The van der Waals surface area contributed by atoms with Gasteiger partial charge in [-0.05, 0) is 12.8 Å². The monoisotopic (exact) mass is 681 g/mol. The molecular weight excluding hydrogens is 596 g/mol. The number of amides is 2. The summed E-state index contributed by atoms with van der Waals surface area (Å²) in [6, 6.07) is 0. The fraction of sp³-hybridized carbons (Fsp3) is 0.950. The lowest BCUT2D eigenvalue weighted by molar-refractivity contribution is -0.122. The van der Waals surface area contributed by atoms with Crippen molar-refractivity contribution < 1.29 is 9.59 Å². The van der Waals surface area contributed by atoms with E-state index in [1.165, 1.54) is 141 Å². The van der Waals surface area contributed by atoms with E-state index in [0.717, 1.165) is 52.1 Å². The van der Waals surface area contributed by atoms with E-state index in [2.05, 4.69) is 34.3 Å². The highest BCUT2D eigenvalue weighted by atomic mass is 16.2. The first kappa shape index (κ1) is 46.8. The molecule has 0 fully saturated rings. The average Bonchev–Trinajstić information content (AvgIpc) is 3.08. The van der Waals surface area contributed by atoms with Crippen LogP contribution in [-0.2, 0) is 9.59 Å². The van der Waals surface area contributed by atoms with E-state index in [1.54, 1.807) is 0 Å². The van der Waals surface area contributed by atoms with Crippen LogP contribution >= 0.6 is 0 Å². The number of nitrogens with two attached hydrogens (primary N) is 2. The van der Waals surface area contributed by atoms with Crippen molar-refractivity contribution in [3.8, 4) is 0 Å². The molecule has 0 aliphatic carbocycles. The number of rotatable bonds is 39. The number of hydrogen-bond donors (Lipinski definition) is 4. The van der Waals surface area contributed by atoms with E-state index in [1.807, 2.05) is 0 Å². The van der Waals surface area contributed by atoms with Gasteiger partial charge in [-0.1, -0.05) is 155 Å². The van der Waals surface area contributed by atoms with E-state index < -0.39 is 0 Å². The van der Waals surface area contributed by atoms with Gasteiger partial charge in [0.15, 0.2) is 0 Å². The first-order valence-electron chi connectivity index (χ1n) is 21.0. The maximum Gasteiger partial charge on any atom is 0.221 e. The summed E-state index contributed by atoms with van der Waals surface area (Å²) in [6.07, 6.45) is 32.8. The van der Waals surface area contributed by atoms with Gasteiger partial charge in [0.05, 0.1) is 0 Å². The molecule has 0 aromatic heterocycles. The van der Waals surface area contributed by atoms with Crippen molar-refractivity contribution in [3.05, 3.63) is 0 Å². The SMILES string of the molecule is CCCCCCCCCCCCCCNC(=O)CCN(CCN)CCN(CCN)CCC(=O)NCCCCCCCCCCCCCC. The van der Waals surface area contributed by atoms with Crippen LogP contribution in [0, 0.1) is 0 Å². The molecule has 0 unspecified atom stereocenters. The minimum Gasteiger partial charge on any atom is -0.356 e. The zero-order chi connectivity index (χ0) is 35.2. The van der Waals surface area contributed by atoms with Gasteiger partial charge < -0.3 is 31.9 Å². The van der Waals surface area contributed by atoms with Gasteiger partial charge in [0.2, 0.25) is 11.8 Å². The number of nitrogens with zero attached hydrogens (tertiary/aromatic N) is 2. The van der Waals surface area contributed by atoms with Crippen LogP contribution in [0.2, 0.25) is 0 Å². The van der Waals surface area contributed by atoms with E-state index in [-0.39, 0.29) is 11.8 Å². The Morgan fingerprint density at radius 1 is 0.396 bits per heavy atom. The Morgan fingerprint density at radius 3 is 0.938 bits per heavy atom. The maximum absolute atomic E-state index is 12.5. The van der Waals surface area contributed by atoms with Gasteiger partial charge in [-0.15, -0.1) is 0 Å². The highest BCUT2D eigenvalue weighted by molar-refractivity contribution is 5.76. The summed E-state index contributed by atoms with van der Waals surface area (Å²) in [5, 5.41) is 6.22. The normalized spacial score (nSPS) is 11.5. The first-order valence-corrected chi connectivity index (χ1v) is 21.0. The Hall–Kier alpha value is -1.22. The third-order valence-corrected chi connectivity index (χ3v) is 9.64. The molecule has 8 heteroatoms. The Labute approximate surface area is 299 Å². The molecule has 0 aliphatic heterocycles. The topological polar surface area (TPSA) is 117 Å². The number of hydrogen-bond acceptors (Lipinski definition) is 6. The molecule has 0 heterocycles. The second kappa shape index (κ2) is 38.6. The van der Waals surface area contributed by atoms with Crippen molar-refractivity contribution in [1.82, 2.24) is 20.4 Å². The molecular formula is C40H84N6O2. The summed E-state index contributed by atoms with van der Waals surface area (Å²) >= 11 is 0. The van der Waals surface area contributed by atoms with Crippen LogP contribution in [0.15, 0.2) is 0 Å². The summed E-state index contributed by atoms with van der Waals surface area (Å²) in [4.78, 5) is 29.5. The highest BCUT2D eigenvalue weighted by Gasteiger charge is 2.12. The van der Waals surface area contributed by atoms with Gasteiger partial charge in [0.25, 0.3) is 0 Å². The Kier molecular flexibility index (Phi) is 37.6. The second-order valence-corrected chi connectivity index (χ2v) is 14.2. The van der Waals surface area contributed by atoms with Gasteiger partial charge >= 0.3 is 0 Å². The molecule has 48 heavy (non-hydrogen) atoms. The third kappa shape index (κ3) is 34.6. The molecule has 0 radical (unpaired) electrons. The van der Waals surface area contributed by atoms with E-state index >= 15 is 0 Å². The van der Waals surface area contributed by atoms with E-state index in [9.17, 15) is 9.59 Å². The Balaban J connectivity index is 3.91. The lowest BCUT2D eigenvalue weighted by atomic mass is 10.1. The number of unbranched alkanes of at least 4 members (excludes halogenated alkanes) is 22. The van der Waals surface area contributed by atoms with Crippen molar-refractivity contribution in [2.45, 2.75) is 181 Å². The Bertz CT molecular complexity index is 624. The quantitative estimate of drug-likeness (QED) is 0.0490. The molecule has 0 atom stereocenters. The molecule has 0 bridgehead atoms. The molecule has 286 valence electrons. The summed E-state index contributed by atoms with van der Waals surface area (Å²) in [7, 11) is 0. The third-order valence-electron chi connectivity index (χ3n) is 9.64. The summed E-state index contributed by atoms with van der Waals surface area (Å²) in [6.45, 7) is 11.8. The lowest BCUT2D eigenvalue weighted by Crippen LogP contribution is -2.42. The molecule has 6 N–H and O–H groups in total. The van der Waals surface area contributed by atoms with Gasteiger partial charge in [-0.2, -0.15) is 0 Å². The molecule has 2 amide bonds. The fourth-order valence-electron chi connectivity index (χ4n) is 6.40. The van der Waals surface area contributed by atoms with Gasteiger partial charge in [0.1, 0.15) is 0 Å². The molecule has 0 saturated heterocycles. The summed E-state index contributed by atoms with van der Waals surface area (Å²) in [5.74, 6) is 0.257. The minimum atomic E-state index is 0.128. The van der Waals surface area contributed by atoms with Crippen molar-refractivity contribution in [2.75, 3.05) is 65.4 Å². The van der Waals surface area contributed by atoms with Gasteiger partial charge in [-0.3, -0.25) is 9.59 Å². The van der Waals surface area contributed by atoms with Crippen LogP contribution in [0.4, 0.5) is 0 Å². The van der Waals surface area contributed by atoms with Gasteiger partial charge in [0, 0.05) is 78.3 Å². The highest BCUT2D eigenvalue weighted by Crippen LogP contribution is 2.13. The second-order valence-electron chi connectivity index (χ2n) is 14.2. The smallest absolute Gasteiger partial charge is 0.221 e. The van der Waals surface area contributed by atoms with Crippen LogP contribution in [0.25, 0.3) is 0 Å². The first-order chi connectivity index (χ1) is 23.6. The molecule has 0 saturated carbocycles. The molecule has 0 rings (SSSR count). The maximum atomic E-state index is 12.5. The van der Waals surface area contributed by atoms with Crippen LogP contribution in [0.5, 0.6) is 0 Å². The van der Waals surface area contributed by atoms with Crippen LogP contribution in [0.1, 0.15) is 181 Å². The summed E-state index contributed by atoms with van der Waals surface area (Å²) in [5.41, 5.74) is 11.8. The lowest BCUT2D eigenvalue weighted by Gasteiger charge is -2.27. The van der Waals surface area contributed by atoms with Crippen molar-refractivity contribution in [3.63, 3.8) is 0 Å².